The first-order valence-electron chi connectivity index (χ1n) is 9.57. The van der Waals surface area contributed by atoms with E-state index in [1.165, 1.54) is 4.90 Å². The Bertz CT molecular complexity index is 895. The van der Waals surface area contributed by atoms with Gasteiger partial charge in [0.1, 0.15) is 38.5 Å². The molecule has 0 radical (unpaired) electrons. The Morgan fingerprint density at radius 3 is 2.59 bits per heavy atom. The van der Waals surface area contributed by atoms with Crippen LogP contribution in [0.4, 0.5) is 0 Å². The predicted molar refractivity (Wildman–Crippen MR) is 106 cm³/mol. The van der Waals surface area contributed by atoms with Gasteiger partial charge in [0, 0.05) is 11.0 Å². The molecule has 2 aliphatic rings. The number of fused-ring (bicyclic) bond motifs is 1. The number of piperazine rings is 1. The Hall–Kier alpha value is -2.15. The maximum atomic E-state index is 12.8. The number of aromatic hydroxyl groups is 1. The summed E-state index contributed by atoms with van der Waals surface area (Å²) in [5.41, 5.74) is 2.44. The van der Waals surface area contributed by atoms with Crippen molar-refractivity contribution in [1.29, 1.82) is 0 Å². The van der Waals surface area contributed by atoms with Gasteiger partial charge in [-0.2, -0.15) is 0 Å². The summed E-state index contributed by atoms with van der Waals surface area (Å²) in [6.07, 6.45) is 1.82. The van der Waals surface area contributed by atoms with Crippen molar-refractivity contribution in [1.82, 2.24) is 0 Å². The van der Waals surface area contributed by atoms with Crippen molar-refractivity contribution in [3.8, 4) is 11.5 Å². The molecule has 0 bridgehead atoms. The van der Waals surface area contributed by atoms with Gasteiger partial charge in [0.15, 0.2) is 11.5 Å². The van der Waals surface area contributed by atoms with Crippen LogP contribution in [0.1, 0.15) is 33.3 Å². The number of aryl methyl sites for hydroxylation is 1. The number of nitrogens with one attached hydrogen (secondary N) is 2. The number of carbonyl (C=O) groups excluding carboxylic acids is 1. The highest BCUT2D eigenvalue weighted by Crippen LogP contribution is 2.39. The number of quaternary nitrogens is 2. The third-order valence-electron chi connectivity index (χ3n) is 5.67. The van der Waals surface area contributed by atoms with Crippen LogP contribution >= 0.6 is 11.3 Å². The van der Waals surface area contributed by atoms with Gasteiger partial charge in [-0.25, -0.2) is 0 Å². The molecule has 0 spiro atoms. The summed E-state index contributed by atoms with van der Waals surface area (Å²) in [5, 5.41) is 12.5. The molecule has 142 valence electrons. The molecule has 3 heterocycles. The van der Waals surface area contributed by atoms with Gasteiger partial charge >= 0.3 is 0 Å². The van der Waals surface area contributed by atoms with E-state index in [4.69, 9.17) is 4.74 Å². The first kappa shape index (κ1) is 18.2. The van der Waals surface area contributed by atoms with Crippen molar-refractivity contribution in [2.24, 2.45) is 0 Å². The fourth-order valence-electron chi connectivity index (χ4n) is 3.86. The number of carbonyl (C=O) groups is 1. The third-order valence-corrected chi connectivity index (χ3v) is 6.64. The smallest absolute Gasteiger partial charge is 0.232 e. The Labute approximate surface area is 163 Å². The second-order valence-corrected chi connectivity index (χ2v) is 8.33. The van der Waals surface area contributed by atoms with Crippen molar-refractivity contribution in [2.75, 3.05) is 32.7 Å². The van der Waals surface area contributed by atoms with Crippen LogP contribution in [0.5, 0.6) is 11.5 Å². The maximum Gasteiger partial charge on any atom is 0.232 e. The van der Waals surface area contributed by atoms with Crippen LogP contribution in [-0.2, 0) is 6.54 Å². The minimum atomic E-state index is -0.103. The standard InChI is InChI=1S/C21H24N2O3S/c1-3-22-7-9-23(10-8-22)13-16-17(24)5-4-15-20(25)18(26-21(15)16)12-19-14(2)6-11-27-19/h4-6,11-12,24H,3,7-10,13H2,1-2H3/p+2/b18-12+. The lowest BCUT2D eigenvalue weighted by atomic mass is 10.0. The topological polar surface area (TPSA) is 55.4 Å². The summed E-state index contributed by atoms with van der Waals surface area (Å²) >= 11 is 1.59. The minimum Gasteiger partial charge on any atom is -0.507 e. The molecule has 2 aromatic rings. The van der Waals surface area contributed by atoms with Crippen LogP contribution in [0.3, 0.4) is 0 Å². The first-order chi connectivity index (χ1) is 13.1. The summed E-state index contributed by atoms with van der Waals surface area (Å²) in [6.45, 7) is 10.5. The molecule has 27 heavy (non-hydrogen) atoms. The summed E-state index contributed by atoms with van der Waals surface area (Å²) < 4.78 is 5.98. The molecule has 1 aromatic carbocycles. The number of ether oxygens (including phenoxy) is 1. The van der Waals surface area contributed by atoms with Gasteiger partial charge in [-0.05, 0) is 43.0 Å². The van der Waals surface area contributed by atoms with Crippen LogP contribution < -0.4 is 14.5 Å². The first-order valence-corrected chi connectivity index (χ1v) is 10.4. The number of Topliss-reactive ketones (excluding diaryl/α,β-unsaturated/α-hetero) is 1. The normalized spacial score (nSPS) is 23.5. The Morgan fingerprint density at radius 2 is 1.93 bits per heavy atom. The van der Waals surface area contributed by atoms with Gasteiger partial charge in [0.05, 0.1) is 17.7 Å². The van der Waals surface area contributed by atoms with Gasteiger partial charge in [0.2, 0.25) is 5.78 Å². The number of hydrogen-bond acceptors (Lipinski definition) is 4. The minimum absolute atomic E-state index is 0.103. The predicted octanol–water partition coefficient (Wildman–Crippen LogP) is 0.682. The highest BCUT2D eigenvalue weighted by molar-refractivity contribution is 7.11. The van der Waals surface area contributed by atoms with E-state index in [0.29, 0.717) is 23.6 Å². The molecule has 0 saturated carbocycles. The highest BCUT2D eigenvalue weighted by Gasteiger charge is 2.33. The molecule has 0 aliphatic carbocycles. The number of phenols is 1. The average molecular weight is 387 g/mol. The van der Waals surface area contributed by atoms with E-state index in [2.05, 4.69) is 6.92 Å². The van der Waals surface area contributed by atoms with E-state index < -0.39 is 0 Å². The SMILES string of the molecule is CC[NH+]1CC[NH+](Cc2c(O)ccc3c2O/C(=C/c2sccc2C)C3=O)CC1. The monoisotopic (exact) mass is 386 g/mol. The lowest BCUT2D eigenvalue weighted by Crippen LogP contribution is -3.27. The van der Waals surface area contributed by atoms with Crippen molar-refractivity contribution in [2.45, 2.75) is 20.4 Å². The summed E-state index contributed by atoms with van der Waals surface area (Å²) in [6, 6.07) is 5.33. The second kappa shape index (κ2) is 7.46. The number of hydrogen-bond donors (Lipinski definition) is 3. The number of thiophene rings is 1. The Morgan fingerprint density at radius 1 is 1.19 bits per heavy atom. The number of phenolic OH excluding ortho intramolecular Hbond substituents is 1. The zero-order valence-electron chi connectivity index (χ0n) is 15.8. The fraction of sp³-hybridized carbons (Fsp3) is 0.381. The summed E-state index contributed by atoms with van der Waals surface area (Å²) in [5.74, 6) is 0.998. The second-order valence-electron chi connectivity index (χ2n) is 7.38. The van der Waals surface area contributed by atoms with Gasteiger partial charge < -0.3 is 19.6 Å². The number of benzene rings is 1. The van der Waals surface area contributed by atoms with Gasteiger partial charge in [0.25, 0.3) is 0 Å². The van der Waals surface area contributed by atoms with Crippen molar-refractivity contribution in [3.63, 3.8) is 0 Å². The van der Waals surface area contributed by atoms with Crippen molar-refractivity contribution < 1.29 is 24.4 Å². The lowest BCUT2D eigenvalue weighted by Gasteiger charge is -2.29. The van der Waals surface area contributed by atoms with Crippen LogP contribution in [0.25, 0.3) is 6.08 Å². The van der Waals surface area contributed by atoms with Crippen LogP contribution in [0.15, 0.2) is 29.3 Å². The van der Waals surface area contributed by atoms with E-state index >= 15 is 0 Å². The summed E-state index contributed by atoms with van der Waals surface area (Å²) in [7, 11) is 0. The molecule has 4 rings (SSSR count). The Balaban J connectivity index is 1.59. The molecule has 1 aromatic heterocycles. The molecule has 6 heteroatoms. The van der Waals surface area contributed by atoms with E-state index in [1.54, 1.807) is 28.4 Å². The van der Waals surface area contributed by atoms with Crippen molar-refractivity contribution in [3.05, 3.63) is 50.9 Å². The van der Waals surface area contributed by atoms with E-state index in [9.17, 15) is 9.90 Å². The number of allylic oxidation sites excluding steroid dienone is 1. The van der Waals surface area contributed by atoms with Crippen LogP contribution in [0.2, 0.25) is 0 Å². The number of rotatable bonds is 4. The van der Waals surface area contributed by atoms with Gasteiger partial charge in [-0.1, -0.05) is 0 Å². The highest BCUT2D eigenvalue weighted by atomic mass is 32.1. The molecular weight excluding hydrogens is 360 g/mol. The number of likely N-dealkylation sites (N-methyl/N-ethyl adjacent to an activating group) is 1. The molecule has 3 N–H and O–H groups in total. The third kappa shape index (κ3) is 3.52. The largest absolute Gasteiger partial charge is 0.507 e. The quantitative estimate of drug-likeness (QED) is 0.678. The summed E-state index contributed by atoms with van der Waals surface area (Å²) in [4.78, 5) is 16.9. The number of ketones is 1. The maximum absolute atomic E-state index is 12.8. The molecule has 0 atom stereocenters. The molecule has 0 unspecified atom stereocenters. The zero-order valence-corrected chi connectivity index (χ0v) is 16.6. The van der Waals surface area contributed by atoms with Gasteiger partial charge in [-0.15, -0.1) is 11.3 Å². The molecule has 1 fully saturated rings. The van der Waals surface area contributed by atoms with E-state index in [0.717, 1.165) is 48.7 Å². The van der Waals surface area contributed by atoms with E-state index in [-0.39, 0.29) is 11.5 Å². The molecule has 2 aliphatic heterocycles. The molecule has 1 saturated heterocycles. The molecule has 0 amide bonds. The van der Waals surface area contributed by atoms with Crippen LogP contribution in [-0.4, -0.2) is 43.6 Å². The zero-order chi connectivity index (χ0) is 19.0. The van der Waals surface area contributed by atoms with Gasteiger partial charge in [-0.3, -0.25) is 4.79 Å². The van der Waals surface area contributed by atoms with Crippen LogP contribution in [0, 0.1) is 6.92 Å². The lowest BCUT2D eigenvalue weighted by molar-refractivity contribution is -1.02. The molecular formula is C21H26N2O3S+2. The molecule has 5 nitrogen and oxygen atoms in total. The Kier molecular flexibility index (Phi) is 5.04. The van der Waals surface area contributed by atoms with Crippen molar-refractivity contribution >= 4 is 23.2 Å². The fourth-order valence-corrected chi connectivity index (χ4v) is 4.70. The average Bonchev–Trinajstić information content (AvgIpc) is 3.22. The van der Waals surface area contributed by atoms with E-state index in [1.807, 2.05) is 24.4 Å².